The summed E-state index contributed by atoms with van der Waals surface area (Å²) in [6.07, 6.45) is 0. The summed E-state index contributed by atoms with van der Waals surface area (Å²) >= 11 is 0. The van der Waals surface area contributed by atoms with E-state index in [1.807, 2.05) is 45.0 Å². The molecule has 1 saturated heterocycles. The van der Waals surface area contributed by atoms with Crippen LogP contribution in [-0.2, 0) is 28.7 Å². The molecule has 0 unspecified atom stereocenters. The van der Waals surface area contributed by atoms with E-state index >= 15 is 0 Å². The van der Waals surface area contributed by atoms with E-state index in [9.17, 15) is 19.2 Å². The first-order valence-electron chi connectivity index (χ1n) is 9.77. The van der Waals surface area contributed by atoms with Gasteiger partial charge in [0.25, 0.3) is 0 Å². The number of rotatable bonds is 2. The predicted octanol–water partition coefficient (Wildman–Crippen LogP) is 1.86. The highest BCUT2D eigenvalue weighted by atomic mass is 16.5. The van der Waals surface area contributed by atoms with Crippen LogP contribution in [0.5, 0.6) is 0 Å². The number of imide groups is 1. The number of ether oxygens (including phenoxy) is 2. The number of nitrogens with zero attached hydrogens (tertiary/aromatic N) is 1. The summed E-state index contributed by atoms with van der Waals surface area (Å²) in [6, 6.07) is 7.45. The lowest BCUT2D eigenvalue weighted by Crippen LogP contribution is -2.55. The normalized spacial score (nSPS) is 32.7. The van der Waals surface area contributed by atoms with Crippen molar-refractivity contribution in [2.24, 2.45) is 23.7 Å². The molecule has 1 aromatic carbocycles. The first kappa shape index (κ1) is 19.6. The summed E-state index contributed by atoms with van der Waals surface area (Å²) in [6.45, 7) is 5.43. The number of benzene rings is 1. The number of esters is 2. The molecule has 1 saturated carbocycles. The SMILES string of the molecule is COC(=O)[C@@H]1[C@@H](C(=O)OC)[C@H]2c3ccccc3[C@@H]1[C@@H]1C(=O)N(C(C)(C)C)C(=O)[C@@H]12. The van der Waals surface area contributed by atoms with E-state index in [0.717, 1.165) is 11.1 Å². The molecule has 2 fully saturated rings. The van der Waals surface area contributed by atoms with Crippen molar-refractivity contribution in [2.75, 3.05) is 14.2 Å². The van der Waals surface area contributed by atoms with Crippen molar-refractivity contribution >= 4 is 23.8 Å². The van der Waals surface area contributed by atoms with Crippen molar-refractivity contribution in [2.45, 2.75) is 38.1 Å². The van der Waals surface area contributed by atoms with Gasteiger partial charge in [-0.25, -0.2) is 0 Å². The van der Waals surface area contributed by atoms with Gasteiger partial charge >= 0.3 is 11.9 Å². The fourth-order valence-electron chi connectivity index (χ4n) is 5.77. The first-order valence-corrected chi connectivity index (χ1v) is 9.77. The van der Waals surface area contributed by atoms with Gasteiger partial charge in [-0.3, -0.25) is 24.1 Å². The number of amides is 2. The Morgan fingerprint density at radius 2 is 1.17 bits per heavy atom. The van der Waals surface area contributed by atoms with Crippen LogP contribution in [0.2, 0.25) is 0 Å². The molecule has 3 aliphatic carbocycles. The summed E-state index contributed by atoms with van der Waals surface area (Å²) in [4.78, 5) is 53.8. The summed E-state index contributed by atoms with van der Waals surface area (Å²) < 4.78 is 10.1. The maximum atomic E-state index is 13.4. The van der Waals surface area contributed by atoms with Gasteiger partial charge in [0.05, 0.1) is 37.9 Å². The molecule has 6 atom stereocenters. The van der Waals surface area contributed by atoms with Gasteiger partial charge in [0, 0.05) is 17.4 Å². The Morgan fingerprint density at radius 1 is 0.793 bits per heavy atom. The van der Waals surface area contributed by atoms with Crippen LogP contribution in [0.1, 0.15) is 43.7 Å². The molecule has 4 aliphatic rings. The van der Waals surface area contributed by atoms with Crippen LogP contribution in [-0.4, -0.2) is 48.4 Å². The highest BCUT2D eigenvalue weighted by Gasteiger charge is 2.69. The third-order valence-corrected chi connectivity index (χ3v) is 6.66. The molecule has 7 heteroatoms. The molecule has 2 bridgehead atoms. The van der Waals surface area contributed by atoms with Gasteiger partial charge in [0.15, 0.2) is 0 Å². The molecule has 7 nitrogen and oxygen atoms in total. The third kappa shape index (κ3) is 2.49. The lowest BCUT2D eigenvalue weighted by Gasteiger charge is -2.51. The Hall–Kier alpha value is -2.70. The number of carbonyl (C=O) groups is 4. The van der Waals surface area contributed by atoms with Gasteiger partial charge in [-0.1, -0.05) is 24.3 Å². The quantitative estimate of drug-likeness (QED) is 0.557. The van der Waals surface area contributed by atoms with E-state index in [-0.39, 0.29) is 11.8 Å². The Balaban J connectivity index is 1.97. The topological polar surface area (TPSA) is 90.0 Å². The van der Waals surface area contributed by atoms with Crippen molar-refractivity contribution in [3.05, 3.63) is 35.4 Å². The van der Waals surface area contributed by atoms with Crippen LogP contribution in [0, 0.1) is 23.7 Å². The maximum Gasteiger partial charge on any atom is 0.310 e. The van der Waals surface area contributed by atoms with Crippen LogP contribution in [0.15, 0.2) is 24.3 Å². The van der Waals surface area contributed by atoms with Crippen LogP contribution in [0.3, 0.4) is 0 Å². The molecule has 154 valence electrons. The summed E-state index contributed by atoms with van der Waals surface area (Å²) in [5.41, 5.74) is 0.982. The Morgan fingerprint density at radius 3 is 1.48 bits per heavy atom. The number of methoxy groups -OCH3 is 2. The third-order valence-electron chi connectivity index (χ3n) is 6.66. The van der Waals surface area contributed by atoms with E-state index < -0.39 is 53.0 Å². The highest BCUT2D eigenvalue weighted by molar-refractivity contribution is 6.08. The molecular formula is C22H25NO6. The minimum atomic E-state index is -0.870. The largest absolute Gasteiger partial charge is 0.469 e. The second-order valence-electron chi connectivity index (χ2n) is 9.01. The fraction of sp³-hybridized carbons (Fsp3) is 0.545. The Labute approximate surface area is 169 Å². The highest BCUT2D eigenvalue weighted by Crippen LogP contribution is 2.64. The minimum absolute atomic E-state index is 0.283. The zero-order valence-corrected chi connectivity index (χ0v) is 17.2. The number of hydrogen-bond donors (Lipinski definition) is 0. The molecule has 2 amide bonds. The number of carbonyl (C=O) groups excluding carboxylic acids is 4. The van der Waals surface area contributed by atoms with Gasteiger partial charge in [0.2, 0.25) is 11.8 Å². The Kier molecular flexibility index (Phi) is 4.33. The summed E-state index contributed by atoms with van der Waals surface area (Å²) in [5.74, 6) is -6.02. The van der Waals surface area contributed by atoms with Gasteiger partial charge in [0.1, 0.15) is 0 Å². The number of hydrogen-bond acceptors (Lipinski definition) is 6. The number of likely N-dealkylation sites (tertiary alicyclic amines) is 1. The van der Waals surface area contributed by atoms with Gasteiger partial charge < -0.3 is 9.47 Å². The molecule has 0 aromatic heterocycles. The smallest absolute Gasteiger partial charge is 0.310 e. The molecule has 1 aliphatic heterocycles. The average Bonchev–Trinajstić information content (AvgIpc) is 2.97. The van der Waals surface area contributed by atoms with Crippen molar-refractivity contribution in [3.63, 3.8) is 0 Å². The van der Waals surface area contributed by atoms with Crippen LogP contribution in [0.25, 0.3) is 0 Å². The molecule has 0 spiro atoms. The first-order chi connectivity index (χ1) is 13.6. The van der Waals surface area contributed by atoms with Crippen LogP contribution >= 0.6 is 0 Å². The van der Waals surface area contributed by atoms with Gasteiger partial charge in [-0.15, -0.1) is 0 Å². The van der Waals surface area contributed by atoms with Crippen LogP contribution in [0.4, 0.5) is 0 Å². The number of fused-ring (bicyclic) bond motifs is 1. The van der Waals surface area contributed by atoms with Gasteiger partial charge in [-0.05, 0) is 31.9 Å². The van der Waals surface area contributed by atoms with E-state index in [2.05, 4.69) is 0 Å². The Bertz CT molecular complexity index is 849. The summed E-state index contributed by atoms with van der Waals surface area (Å²) in [7, 11) is 2.54. The molecule has 0 N–H and O–H groups in total. The molecule has 29 heavy (non-hydrogen) atoms. The van der Waals surface area contributed by atoms with E-state index in [4.69, 9.17) is 9.47 Å². The van der Waals surface area contributed by atoms with Gasteiger partial charge in [-0.2, -0.15) is 0 Å². The lowest BCUT2D eigenvalue weighted by atomic mass is 9.49. The lowest BCUT2D eigenvalue weighted by molar-refractivity contribution is -0.167. The van der Waals surface area contributed by atoms with Crippen molar-refractivity contribution in [1.29, 1.82) is 0 Å². The van der Waals surface area contributed by atoms with Crippen LogP contribution < -0.4 is 0 Å². The monoisotopic (exact) mass is 399 g/mol. The van der Waals surface area contributed by atoms with E-state index in [1.54, 1.807) is 0 Å². The zero-order valence-electron chi connectivity index (χ0n) is 17.2. The standard InChI is InChI=1S/C22H25NO6/c1-22(2,3)23-18(24)14-12-10-8-6-7-9-11(10)13(15(14)19(23)25)17(21(27)29-5)16(12)20(26)28-4/h6-9,12-17H,1-5H3/t12-,13+,14+,15-,16-,17-/m0/s1. The zero-order chi connectivity index (χ0) is 21.2. The maximum absolute atomic E-state index is 13.4. The average molecular weight is 399 g/mol. The fourth-order valence-corrected chi connectivity index (χ4v) is 5.77. The van der Waals surface area contributed by atoms with Crippen molar-refractivity contribution in [1.82, 2.24) is 4.90 Å². The molecule has 1 aromatic rings. The molecule has 1 heterocycles. The van der Waals surface area contributed by atoms with E-state index in [0.29, 0.717) is 0 Å². The second kappa shape index (κ2) is 6.40. The minimum Gasteiger partial charge on any atom is -0.469 e. The predicted molar refractivity (Wildman–Crippen MR) is 102 cm³/mol. The molecule has 0 radical (unpaired) electrons. The van der Waals surface area contributed by atoms with E-state index in [1.165, 1.54) is 19.1 Å². The van der Waals surface area contributed by atoms with Crippen molar-refractivity contribution < 1.29 is 28.7 Å². The molecule has 5 rings (SSSR count). The molecular weight excluding hydrogens is 374 g/mol. The second-order valence-corrected chi connectivity index (χ2v) is 9.01. The van der Waals surface area contributed by atoms with Crippen molar-refractivity contribution in [3.8, 4) is 0 Å². The summed E-state index contributed by atoms with van der Waals surface area (Å²) in [5, 5.41) is 0.